The molecule has 0 spiro atoms. The maximum absolute atomic E-state index is 13.6. The molecule has 12 nitrogen and oxygen atoms in total. The van der Waals surface area contributed by atoms with Crippen LogP contribution < -0.4 is 5.32 Å². The molecule has 5 rings (SSSR count). The van der Waals surface area contributed by atoms with Gasteiger partial charge in [0.2, 0.25) is 18.1 Å². The van der Waals surface area contributed by atoms with Crippen molar-refractivity contribution in [3.63, 3.8) is 0 Å². The molecule has 0 saturated carbocycles. The van der Waals surface area contributed by atoms with Crippen LogP contribution in [0.2, 0.25) is 0 Å². The number of rotatable bonds is 7. The zero-order valence-corrected chi connectivity index (χ0v) is 20.7. The van der Waals surface area contributed by atoms with E-state index in [1.54, 1.807) is 37.4 Å². The van der Waals surface area contributed by atoms with Crippen molar-refractivity contribution in [2.45, 2.75) is 13.2 Å². The molecule has 0 bridgehead atoms. The second kappa shape index (κ2) is 10.8. The lowest BCUT2D eigenvalue weighted by molar-refractivity contribution is -0.235. The van der Waals surface area contributed by atoms with Gasteiger partial charge in [0, 0.05) is 31.0 Å². The van der Waals surface area contributed by atoms with E-state index >= 15 is 0 Å². The Kier molecular flexibility index (Phi) is 7.33. The van der Waals surface area contributed by atoms with Gasteiger partial charge in [0.1, 0.15) is 12.5 Å². The molecule has 2 aliphatic heterocycles. The van der Waals surface area contributed by atoms with Gasteiger partial charge in [-0.25, -0.2) is 24.4 Å². The van der Waals surface area contributed by atoms with E-state index in [4.69, 9.17) is 19.6 Å². The monoisotopic (exact) mass is 525 g/mol. The van der Waals surface area contributed by atoms with Crippen LogP contribution in [-0.2, 0) is 14.3 Å². The van der Waals surface area contributed by atoms with Gasteiger partial charge >= 0.3 is 0 Å². The number of anilines is 1. The first-order valence-corrected chi connectivity index (χ1v) is 12.0. The molecule has 0 unspecified atom stereocenters. The Labute approximate surface area is 217 Å². The van der Waals surface area contributed by atoms with Crippen molar-refractivity contribution in [3.05, 3.63) is 60.4 Å². The summed E-state index contributed by atoms with van der Waals surface area (Å²) in [7, 11) is 0. The predicted octanol–water partition coefficient (Wildman–Crippen LogP) is 2.13. The Morgan fingerprint density at radius 3 is 2.71 bits per heavy atom. The third kappa shape index (κ3) is 5.36. The van der Waals surface area contributed by atoms with Crippen molar-refractivity contribution in [2.24, 2.45) is 5.41 Å². The molecule has 4 N–H and O–H groups in total. The lowest BCUT2D eigenvalue weighted by Crippen LogP contribution is -2.53. The summed E-state index contributed by atoms with van der Waals surface area (Å²) >= 11 is 0. The molecule has 0 aliphatic carbocycles. The molecule has 1 fully saturated rings. The minimum atomic E-state index is -0.947. The number of aromatic amines is 1. The third-order valence-corrected chi connectivity index (χ3v) is 6.20. The number of benzene rings is 1. The molecule has 2 aliphatic rings. The molecule has 2 aromatic heterocycles. The van der Waals surface area contributed by atoms with E-state index in [0.29, 0.717) is 41.0 Å². The van der Waals surface area contributed by atoms with E-state index in [0.717, 1.165) is 5.06 Å². The zero-order valence-electron chi connectivity index (χ0n) is 20.7. The molecule has 1 amide bonds. The minimum Gasteiger partial charge on any atom is -0.395 e. The molecule has 1 saturated heterocycles. The average molecular weight is 526 g/mol. The number of nitrogens with zero attached hydrogens (tertiary/aromatic N) is 5. The fourth-order valence-electron chi connectivity index (χ4n) is 4.25. The Balaban J connectivity index is 1.40. The highest BCUT2D eigenvalue weighted by atomic mass is 19.1. The highest BCUT2D eigenvalue weighted by Gasteiger charge is 2.43. The number of amides is 1. The van der Waals surface area contributed by atoms with Crippen LogP contribution in [0.4, 0.5) is 10.3 Å². The molecule has 1 aromatic carbocycles. The van der Waals surface area contributed by atoms with E-state index < -0.39 is 11.7 Å². The van der Waals surface area contributed by atoms with Gasteiger partial charge in [-0.1, -0.05) is 0 Å². The van der Waals surface area contributed by atoms with Gasteiger partial charge in [-0.05, 0) is 43.3 Å². The topological polar surface area (TPSA) is 149 Å². The van der Waals surface area contributed by atoms with E-state index in [1.165, 1.54) is 23.2 Å². The van der Waals surface area contributed by atoms with Crippen LogP contribution in [0.25, 0.3) is 22.6 Å². The first kappa shape index (κ1) is 25.7. The number of aromatic nitrogens is 4. The van der Waals surface area contributed by atoms with E-state index in [9.17, 15) is 14.4 Å². The number of hydrogen-bond acceptors (Lipinski definition) is 10. The molecule has 200 valence electrons. The van der Waals surface area contributed by atoms with Crippen molar-refractivity contribution in [2.75, 3.05) is 44.9 Å². The number of ether oxygens (including phenoxy) is 2. The first-order chi connectivity index (χ1) is 18.4. The first-order valence-electron chi connectivity index (χ1n) is 12.0. The molecular formula is C25H28FN7O5. The van der Waals surface area contributed by atoms with Crippen LogP contribution in [0.15, 0.2) is 48.8 Å². The molecule has 0 atom stereocenters. The highest BCUT2D eigenvalue weighted by Crippen LogP contribution is 2.36. The summed E-state index contributed by atoms with van der Waals surface area (Å²) in [4.78, 5) is 31.2. The van der Waals surface area contributed by atoms with E-state index in [2.05, 4.69) is 20.3 Å². The van der Waals surface area contributed by atoms with Gasteiger partial charge in [-0.3, -0.25) is 10.0 Å². The lowest BCUT2D eigenvalue weighted by Gasteiger charge is -2.40. The van der Waals surface area contributed by atoms with Gasteiger partial charge in [0.05, 0.1) is 42.3 Å². The minimum absolute atomic E-state index is 0.0605. The van der Waals surface area contributed by atoms with Gasteiger partial charge in [-0.15, -0.1) is 0 Å². The zero-order chi connectivity index (χ0) is 26.7. The number of imidazole rings is 1. The lowest BCUT2D eigenvalue weighted by atomic mass is 9.90. The van der Waals surface area contributed by atoms with Gasteiger partial charge in [0.15, 0.2) is 5.82 Å². The molecule has 4 heterocycles. The Morgan fingerprint density at radius 2 is 2.00 bits per heavy atom. The highest BCUT2D eigenvalue weighted by molar-refractivity contribution is 5.83. The second-order valence-corrected chi connectivity index (χ2v) is 9.28. The number of aliphatic hydroxyl groups is 1. The maximum Gasteiger partial charge on any atom is 0.234 e. The number of carbonyl (C=O) groups is 1. The maximum atomic E-state index is 13.6. The number of hydroxylamine groups is 2. The van der Waals surface area contributed by atoms with E-state index in [-0.39, 0.29) is 44.8 Å². The molecule has 0 radical (unpaired) electrons. The standard InChI is InChI=1S/C25H28FN7O5/c1-25(23(35)32-10-2-11-33(36)15-32)13-37-22(38-14-25)21-30-19(16-3-5-17(26)6-4-16)20(31-21)18-7-8-27-24(29-18)28-9-12-34/h2-8,11,22,34,36H,9-10,12-15H2,1H3,(H,30,31)(H,27,28,29). The summed E-state index contributed by atoms with van der Waals surface area (Å²) in [5.74, 6) is 0.112. The number of hydrogen-bond donors (Lipinski definition) is 4. The van der Waals surface area contributed by atoms with Crippen LogP contribution in [-0.4, -0.2) is 85.7 Å². The third-order valence-electron chi connectivity index (χ3n) is 6.20. The summed E-state index contributed by atoms with van der Waals surface area (Å²) in [6.07, 6.45) is 3.89. The number of H-pyrrole nitrogens is 1. The largest absolute Gasteiger partial charge is 0.395 e. The normalized spacial score (nSPS) is 21.5. The summed E-state index contributed by atoms with van der Waals surface area (Å²) < 4.78 is 25.5. The number of nitrogens with one attached hydrogen (secondary N) is 2. The fraction of sp³-hybridized carbons (Fsp3) is 0.360. The van der Waals surface area contributed by atoms with Crippen LogP contribution in [0.1, 0.15) is 19.0 Å². The van der Waals surface area contributed by atoms with Crippen LogP contribution in [0.5, 0.6) is 0 Å². The quantitative estimate of drug-likeness (QED) is 0.361. The van der Waals surface area contributed by atoms with Crippen LogP contribution in [0.3, 0.4) is 0 Å². The number of carbonyl (C=O) groups excluding carboxylic acids is 1. The van der Waals surface area contributed by atoms with Crippen molar-refractivity contribution in [3.8, 4) is 22.6 Å². The van der Waals surface area contributed by atoms with Crippen LogP contribution in [0, 0.1) is 11.2 Å². The Bertz CT molecular complexity index is 1310. The average Bonchev–Trinajstić information content (AvgIpc) is 3.38. The SMILES string of the molecule is CC1(C(=O)N2CC=CN(O)C2)COC(c2nc(-c3ccc(F)cc3)c(-c3ccnc(NCCO)n3)[nH]2)OC1. The summed E-state index contributed by atoms with van der Waals surface area (Å²) in [5.41, 5.74) is 1.26. The molecule has 38 heavy (non-hydrogen) atoms. The smallest absolute Gasteiger partial charge is 0.234 e. The summed E-state index contributed by atoms with van der Waals surface area (Å²) in [6, 6.07) is 7.61. The molecule has 13 heteroatoms. The van der Waals surface area contributed by atoms with Crippen molar-refractivity contribution in [1.82, 2.24) is 29.9 Å². The van der Waals surface area contributed by atoms with Crippen LogP contribution >= 0.6 is 0 Å². The van der Waals surface area contributed by atoms with Gasteiger partial charge < -0.3 is 29.8 Å². The summed E-state index contributed by atoms with van der Waals surface area (Å²) in [5, 5.41) is 22.7. The van der Waals surface area contributed by atoms with Crippen molar-refractivity contribution >= 4 is 11.9 Å². The predicted molar refractivity (Wildman–Crippen MR) is 133 cm³/mol. The molecular weight excluding hydrogens is 497 g/mol. The fourth-order valence-corrected chi connectivity index (χ4v) is 4.25. The Morgan fingerprint density at radius 1 is 1.24 bits per heavy atom. The second-order valence-electron chi connectivity index (χ2n) is 9.28. The van der Waals surface area contributed by atoms with Gasteiger partial charge in [-0.2, -0.15) is 0 Å². The Hall–Kier alpha value is -3.91. The van der Waals surface area contributed by atoms with Crippen molar-refractivity contribution < 1.29 is 29.0 Å². The van der Waals surface area contributed by atoms with Gasteiger partial charge in [0.25, 0.3) is 0 Å². The molecule has 3 aromatic rings. The van der Waals surface area contributed by atoms with E-state index in [1.807, 2.05) is 0 Å². The number of halogens is 1. The van der Waals surface area contributed by atoms with Crippen molar-refractivity contribution in [1.29, 1.82) is 0 Å². The summed E-state index contributed by atoms with van der Waals surface area (Å²) in [6.45, 7) is 2.56. The number of aliphatic hydroxyl groups excluding tert-OH is 1.